The van der Waals surface area contributed by atoms with Gasteiger partial charge in [-0.15, -0.1) is 0 Å². The average Bonchev–Trinajstić information content (AvgIpc) is 3.05. The lowest BCUT2D eigenvalue weighted by atomic mass is 9.43. The van der Waals surface area contributed by atoms with Crippen LogP contribution >= 0.6 is 0 Å². The van der Waals surface area contributed by atoms with Gasteiger partial charge in [-0.05, 0) is 79.4 Å². The molecule has 188 valence electrons. The number of ketones is 1. The second-order valence-electron chi connectivity index (χ2n) is 11.7. The van der Waals surface area contributed by atoms with Gasteiger partial charge in [0, 0.05) is 24.7 Å². The van der Waals surface area contributed by atoms with Crippen molar-refractivity contribution in [2.75, 3.05) is 0 Å². The molecule has 4 fully saturated rings. The van der Waals surface area contributed by atoms with Crippen molar-refractivity contribution in [2.24, 2.45) is 46.3 Å². The van der Waals surface area contributed by atoms with Crippen LogP contribution in [0.2, 0.25) is 0 Å². The van der Waals surface area contributed by atoms with Gasteiger partial charge >= 0.3 is 16.4 Å². The standard InChI is InChI=1S/C24H38O8S/c1-13(4-7-21(27)28)16-5-6-17-22-18(12-20(24(16,17)3)32-33(29,30)31)23(2)9-8-15(25)10-14(23)11-19(22)26/h13-14,16-20,22,26H,4-12H2,1-3H3,(H,27,28)(H,29,30,31)/t13-,14+,16-,17+,18+,19-,20+,22+,23+,24-/m1/s1. The van der Waals surface area contributed by atoms with E-state index in [2.05, 4.69) is 6.92 Å². The van der Waals surface area contributed by atoms with Crippen molar-refractivity contribution in [3.8, 4) is 0 Å². The van der Waals surface area contributed by atoms with Gasteiger partial charge in [0.15, 0.2) is 0 Å². The zero-order valence-electron chi connectivity index (χ0n) is 19.8. The van der Waals surface area contributed by atoms with Gasteiger partial charge in [-0.1, -0.05) is 20.8 Å². The van der Waals surface area contributed by atoms with Crippen molar-refractivity contribution in [1.82, 2.24) is 0 Å². The third-order valence-electron chi connectivity index (χ3n) is 10.4. The number of fused-ring (bicyclic) bond motifs is 5. The molecule has 0 heterocycles. The number of hydrogen-bond donors (Lipinski definition) is 3. The molecule has 0 bridgehead atoms. The van der Waals surface area contributed by atoms with Crippen molar-refractivity contribution in [3.63, 3.8) is 0 Å². The first-order chi connectivity index (χ1) is 15.3. The molecular weight excluding hydrogens is 448 g/mol. The molecule has 4 saturated carbocycles. The Morgan fingerprint density at radius 3 is 2.55 bits per heavy atom. The molecule has 4 rings (SSSR count). The van der Waals surface area contributed by atoms with E-state index in [1.165, 1.54) is 0 Å². The Balaban J connectivity index is 1.72. The molecule has 0 aliphatic heterocycles. The molecular formula is C24H38O8S. The molecule has 33 heavy (non-hydrogen) atoms. The highest BCUT2D eigenvalue weighted by Gasteiger charge is 2.66. The quantitative estimate of drug-likeness (QED) is 0.485. The molecule has 0 radical (unpaired) electrons. The van der Waals surface area contributed by atoms with E-state index in [1.807, 2.05) is 13.8 Å². The van der Waals surface area contributed by atoms with Crippen LogP contribution in [-0.4, -0.2) is 47.1 Å². The van der Waals surface area contributed by atoms with E-state index in [1.54, 1.807) is 0 Å². The van der Waals surface area contributed by atoms with Gasteiger partial charge in [-0.3, -0.25) is 14.1 Å². The van der Waals surface area contributed by atoms with Gasteiger partial charge in [0.2, 0.25) is 0 Å². The fourth-order valence-corrected chi connectivity index (χ4v) is 9.34. The molecule has 4 aliphatic rings. The Morgan fingerprint density at radius 2 is 1.91 bits per heavy atom. The van der Waals surface area contributed by atoms with Crippen LogP contribution in [-0.2, 0) is 24.2 Å². The van der Waals surface area contributed by atoms with Gasteiger partial charge in [0.05, 0.1) is 12.2 Å². The second-order valence-corrected chi connectivity index (χ2v) is 12.8. The fraction of sp³-hybridized carbons (Fsp3) is 0.917. The summed E-state index contributed by atoms with van der Waals surface area (Å²) in [5, 5.41) is 20.5. The predicted molar refractivity (Wildman–Crippen MR) is 119 cm³/mol. The molecule has 0 saturated heterocycles. The highest BCUT2D eigenvalue weighted by Crippen LogP contribution is 2.68. The summed E-state index contributed by atoms with van der Waals surface area (Å²) in [7, 11) is -4.70. The van der Waals surface area contributed by atoms with Crippen molar-refractivity contribution < 1.29 is 37.0 Å². The highest BCUT2D eigenvalue weighted by molar-refractivity contribution is 7.80. The molecule has 0 spiro atoms. The zero-order valence-corrected chi connectivity index (χ0v) is 20.6. The Hall–Kier alpha value is -1.03. The third kappa shape index (κ3) is 4.28. The van der Waals surface area contributed by atoms with E-state index >= 15 is 0 Å². The maximum Gasteiger partial charge on any atom is 0.397 e. The minimum Gasteiger partial charge on any atom is -0.481 e. The van der Waals surface area contributed by atoms with Crippen LogP contribution in [0.3, 0.4) is 0 Å². The van der Waals surface area contributed by atoms with E-state index < -0.39 is 34.0 Å². The first kappa shape index (κ1) is 25.1. The lowest BCUT2D eigenvalue weighted by Gasteiger charge is -2.63. The molecule has 0 aromatic carbocycles. The molecule has 9 heteroatoms. The van der Waals surface area contributed by atoms with Crippen molar-refractivity contribution in [2.45, 2.75) is 90.8 Å². The summed E-state index contributed by atoms with van der Waals surface area (Å²) in [5.74, 6) is -0.522. The van der Waals surface area contributed by atoms with E-state index in [4.69, 9.17) is 9.29 Å². The molecule has 0 aromatic heterocycles. The number of carboxylic acids is 1. The minimum atomic E-state index is -4.70. The number of hydrogen-bond acceptors (Lipinski definition) is 6. The van der Waals surface area contributed by atoms with E-state index in [-0.39, 0.29) is 53.1 Å². The van der Waals surface area contributed by atoms with Crippen molar-refractivity contribution >= 4 is 22.2 Å². The molecule has 0 unspecified atom stereocenters. The molecule has 4 aliphatic carbocycles. The summed E-state index contributed by atoms with van der Waals surface area (Å²) in [4.78, 5) is 23.3. The second kappa shape index (κ2) is 8.57. The van der Waals surface area contributed by atoms with Crippen LogP contribution in [0.4, 0.5) is 0 Å². The van der Waals surface area contributed by atoms with E-state index in [9.17, 15) is 27.7 Å². The fourth-order valence-electron chi connectivity index (χ4n) is 8.76. The summed E-state index contributed by atoms with van der Waals surface area (Å²) >= 11 is 0. The van der Waals surface area contributed by atoms with Crippen LogP contribution < -0.4 is 0 Å². The Kier molecular flexibility index (Phi) is 6.51. The van der Waals surface area contributed by atoms with Crippen LogP contribution in [0.1, 0.15) is 78.6 Å². The number of carboxylic acid groups (broad SMARTS) is 1. The monoisotopic (exact) mass is 486 g/mol. The third-order valence-corrected chi connectivity index (χ3v) is 10.9. The van der Waals surface area contributed by atoms with E-state index in [0.29, 0.717) is 32.1 Å². The number of carbonyl (C=O) groups is 2. The summed E-state index contributed by atoms with van der Waals surface area (Å²) in [6.45, 7) is 6.21. The van der Waals surface area contributed by atoms with Crippen LogP contribution in [0.15, 0.2) is 0 Å². The molecule has 0 aromatic rings. The Morgan fingerprint density at radius 1 is 1.21 bits per heavy atom. The maximum absolute atomic E-state index is 12.2. The van der Waals surface area contributed by atoms with Gasteiger partial charge in [0.25, 0.3) is 0 Å². The Labute approximate surface area is 196 Å². The van der Waals surface area contributed by atoms with Crippen molar-refractivity contribution in [1.29, 1.82) is 0 Å². The lowest BCUT2D eigenvalue weighted by molar-refractivity contribution is -0.196. The smallest absolute Gasteiger partial charge is 0.397 e. The Bertz CT molecular complexity index is 902. The van der Waals surface area contributed by atoms with Crippen LogP contribution in [0.5, 0.6) is 0 Å². The average molecular weight is 487 g/mol. The largest absolute Gasteiger partial charge is 0.481 e. The normalized spacial score (nSPS) is 46.2. The number of carbonyl (C=O) groups excluding carboxylic acids is 1. The molecule has 3 N–H and O–H groups in total. The first-order valence-corrected chi connectivity index (χ1v) is 13.7. The van der Waals surface area contributed by atoms with Gasteiger partial charge in [-0.2, -0.15) is 8.42 Å². The van der Waals surface area contributed by atoms with E-state index in [0.717, 1.165) is 19.3 Å². The highest BCUT2D eigenvalue weighted by atomic mass is 32.3. The maximum atomic E-state index is 12.2. The molecule has 8 nitrogen and oxygen atoms in total. The summed E-state index contributed by atoms with van der Waals surface area (Å²) < 4.78 is 38.9. The predicted octanol–water partition coefficient (Wildman–Crippen LogP) is 3.48. The van der Waals surface area contributed by atoms with Crippen LogP contribution in [0.25, 0.3) is 0 Å². The number of aliphatic hydroxyl groups is 1. The number of aliphatic carboxylic acids is 1. The van der Waals surface area contributed by atoms with Gasteiger partial charge in [0.1, 0.15) is 5.78 Å². The minimum absolute atomic E-state index is 0.00255. The summed E-state index contributed by atoms with van der Waals surface area (Å²) in [6.07, 6.45) is 3.50. The lowest BCUT2D eigenvalue weighted by Crippen LogP contribution is -2.62. The molecule has 10 atom stereocenters. The SMILES string of the molecule is C[C@H](CCC(=O)O)[C@H]1CC[C@H]2[C@@H]3[C@H](O)C[C@@H]4CC(=O)CC[C@]4(C)[C@H]3C[C@H](OS(=O)(=O)O)[C@]12C. The topological polar surface area (TPSA) is 138 Å². The summed E-state index contributed by atoms with van der Waals surface area (Å²) in [5.41, 5.74) is -0.795. The number of rotatable bonds is 6. The van der Waals surface area contributed by atoms with Crippen molar-refractivity contribution in [3.05, 3.63) is 0 Å². The number of Topliss-reactive ketones (excluding diaryl/α,β-unsaturated/α-hetero) is 1. The first-order valence-electron chi connectivity index (χ1n) is 12.3. The van der Waals surface area contributed by atoms with Gasteiger partial charge in [-0.25, -0.2) is 4.18 Å². The number of aliphatic hydroxyl groups excluding tert-OH is 1. The van der Waals surface area contributed by atoms with Gasteiger partial charge < -0.3 is 10.2 Å². The van der Waals surface area contributed by atoms with Crippen LogP contribution in [0, 0.1) is 46.3 Å². The molecule has 0 amide bonds. The summed E-state index contributed by atoms with van der Waals surface area (Å²) in [6, 6.07) is 0. The zero-order chi connectivity index (χ0) is 24.3.